The zero-order chi connectivity index (χ0) is 12.3. The molecule has 0 aromatic heterocycles. The maximum Gasteiger partial charge on any atom is 0.407 e. The number of carbonyl (C=O) groups excluding carboxylic acids is 1. The summed E-state index contributed by atoms with van der Waals surface area (Å²) in [5, 5.41) is 8.92. The molecular formula is C13H16ClNO3. The summed E-state index contributed by atoms with van der Waals surface area (Å²) in [5.74, 6) is -0.140. The summed E-state index contributed by atoms with van der Waals surface area (Å²) in [7, 11) is 0. The fraction of sp³-hybridized carbons (Fsp3) is 0.385. The molecule has 1 atom stereocenters. The number of ketones is 1. The summed E-state index contributed by atoms with van der Waals surface area (Å²) in [6.07, 6.45) is 0.600. The molecule has 0 radical (unpaired) electrons. The first-order valence-electron chi connectivity index (χ1n) is 5.75. The lowest BCUT2D eigenvalue weighted by Crippen LogP contribution is -2.41. The first-order valence-corrected chi connectivity index (χ1v) is 5.75. The quantitative estimate of drug-likeness (QED) is 0.840. The van der Waals surface area contributed by atoms with Crippen molar-refractivity contribution in [3.05, 3.63) is 35.9 Å². The highest BCUT2D eigenvalue weighted by Gasteiger charge is 2.28. The number of carboxylic acid groups (broad SMARTS) is 1. The number of benzene rings is 1. The van der Waals surface area contributed by atoms with Crippen molar-refractivity contribution in [2.24, 2.45) is 5.92 Å². The summed E-state index contributed by atoms with van der Waals surface area (Å²) in [6.45, 7) is 0.858. The van der Waals surface area contributed by atoms with Gasteiger partial charge in [0.05, 0.1) is 0 Å². The Labute approximate surface area is 112 Å². The standard InChI is InChI=1S/C13H15NO3.ClH/c15-12(10-5-2-1-3-6-10)11-7-4-8-14(9-11)13(16)17;/h1-3,5-6,11H,4,7-9H2,(H,16,17);1H. The Kier molecular flexibility index (Phi) is 5.16. The van der Waals surface area contributed by atoms with Crippen molar-refractivity contribution in [2.45, 2.75) is 12.8 Å². The molecule has 0 spiro atoms. The largest absolute Gasteiger partial charge is 0.465 e. The van der Waals surface area contributed by atoms with E-state index >= 15 is 0 Å². The van der Waals surface area contributed by atoms with Crippen molar-refractivity contribution in [1.82, 2.24) is 4.90 Å². The van der Waals surface area contributed by atoms with Gasteiger partial charge in [0.2, 0.25) is 0 Å². The van der Waals surface area contributed by atoms with Crippen LogP contribution in [0, 0.1) is 5.92 Å². The van der Waals surface area contributed by atoms with Crippen LogP contribution in [-0.2, 0) is 0 Å². The molecule has 0 aliphatic carbocycles. The summed E-state index contributed by atoms with van der Waals surface area (Å²) >= 11 is 0. The van der Waals surface area contributed by atoms with Gasteiger partial charge in [-0.15, -0.1) is 12.4 Å². The van der Waals surface area contributed by atoms with Gasteiger partial charge in [0.15, 0.2) is 5.78 Å². The van der Waals surface area contributed by atoms with E-state index in [1.54, 1.807) is 12.1 Å². The van der Waals surface area contributed by atoms with Crippen molar-refractivity contribution >= 4 is 24.3 Å². The second-order valence-corrected chi connectivity index (χ2v) is 4.30. The van der Waals surface area contributed by atoms with Gasteiger partial charge in [0.25, 0.3) is 0 Å². The Morgan fingerprint density at radius 3 is 2.50 bits per heavy atom. The van der Waals surface area contributed by atoms with Gasteiger partial charge >= 0.3 is 6.09 Å². The van der Waals surface area contributed by atoms with E-state index in [1.807, 2.05) is 18.2 Å². The van der Waals surface area contributed by atoms with Crippen molar-refractivity contribution in [2.75, 3.05) is 13.1 Å². The van der Waals surface area contributed by atoms with E-state index in [-0.39, 0.29) is 24.1 Å². The topological polar surface area (TPSA) is 57.6 Å². The van der Waals surface area contributed by atoms with Crippen molar-refractivity contribution in [3.63, 3.8) is 0 Å². The van der Waals surface area contributed by atoms with Crippen LogP contribution < -0.4 is 0 Å². The predicted molar refractivity (Wildman–Crippen MR) is 70.3 cm³/mol. The van der Waals surface area contributed by atoms with Gasteiger partial charge in [-0.1, -0.05) is 30.3 Å². The zero-order valence-corrected chi connectivity index (χ0v) is 10.7. The van der Waals surface area contributed by atoms with Gasteiger partial charge in [0, 0.05) is 24.6 Å². The highest BCUT2D eigenvalue weighted by Crippen LogP contribution is 2.20. The Morgan fingerprint density at radius 1 is 1.22 bits per heavy atom. The molecule has 0 bridgehead atoms. The molecule has 1 heterocycles. The van der Waals surface area contributed by atoms with Crippen molar-refractivity contribution < 1.29 is 14.7 Å². The van der Waals surface area contributed by atoms with Crippen LogP contribution in [0.5, 0.6) is 0 Å². The summed E-state index contributed by atoms with van der Waals surface area (Å²) < 4.78 is 0. The van der Waals surface area contributed by atoms with Crippen LogP contribution in [-0.4, -0.2) is 35.0 Å². The number of carbonyl (C=O) groups is 2. The lowest BCUT2D eigenvalue weighted by molar-refractivity contribution is 0.0806. The molecule has 1 N–H and O–H groups in total. The number of amides is 1. The lowest BCUT2D eigenvalue weighted by Gasteiger charge is -2.29. The maximum absolute atomic E-state index is 12.1. The predicted octanol–water partition coefficient (Wildman–Crippen LogP) is 2.68. The Bertz CT molecular complexity index is 422. The molecule has 1 unspecified atom stereocenters. The molecule has 4 nitrogen and oxygen atoms in total. The van der Waals surface area contributed by atoms with E-state index in [1.165, 1.54) is 4.90 Å². The maximum atomic E-state index is 12.1. The number of piperidine rings is 1. The number of nitrogens with zero attached hydrogens (tertiary/aromatic N) is 1. The molecule has 5 heteroatoms. The number of Topliss-reactive ketones (excluding diaryl/α,β-unsaturated/α-hetero) is 1. The number of likely N-dealkylation sites (tertiary alicyclic amines) is 1. The number of halogens is 1. The molecule has 18 heavy (non-hydrogen) atoms. The third kappa shape index (κ3) is 3.23. The van der Waals surface area contributed by atoms with Crippen LogP contribution in [0.3, 0.4) is 0 Å². The Hall–Kier alpha value is -1.55. The number of hydrogen-bond donors (Lipinski definition) is 1. The van der Waals surface area contributed by atoms with Gasteiger partial charge in [-0.2, -0.15) is 0 Å². The van der Waals surface area contributed by atoms with E-state index in [0.29, 0.717) is 18.7 Å². The van der Waals surface area contributed by atoms with E-state index in [9.17, 15) is 9.59 Å². The minimum Gasteiger partial charge on any atom is -0.465 e. The van der Waals surface area contributed by atoms with Crippen LogP contribution in [0.2, 0.25) is 0 Å². The average Bonchev–Trinajstić information content (AvgIpc) is 2.39. The molecule has 1 aromatic rings. The second kappa shape index (κ2) is 6.40. The molecule has 1 amide bonds. The molecule has 1 aliphatic heterocycles. The molecule has 98 valence electrons. The molecular weight excluding hydrogens is 254 g/mol. The van der Waals surface area contributed by atoms with E-state index in [4.69, 9.17) is 5.11 Å². The fourth-order valence-corrected chi connectivity index (χ4v) is 2.20. The first-order chi connectivity index (χ1) is 8.18. The minimum absolute atomic E-state index is 0. The van der Waals surface area contributed by atoms with Crippen LogP contribution in [0.1, 0.15) is 23.2 Å². The summed E-state index contributed by atoms with van der Waals surface area (Å²) in [4.78, 5) is 24.4. The van der Waals surface area contributed by atoms with Gasteiger partial charge < -0.3 is 10.0 Å². The second-order valence-electron chi connectivity index (χ2n) is 4.30. The van der Waals surface area contributed by atoms with Gasteiger partial charge in [-0.3, -0.25) is 4.79 Å². The Balaban J connectivity index is 0.00000162. The number of hydrogen-bond acceptors (Lipinski definition) is 2. The van der Waals surface area contributed by atoms with E-state index in [0.717, 1.165) is 12.8 Å². The van der Waals surface area contributed by atoms with E-state index in [2.05, 4.69) is 0 Å². The van der Waals surface area contributed by atoms with Crippen molar-refractivity contribution in [3.8, 4) is 0 Å². The minimum atomic E-state index is -0.935. The van der Waals surface area contributed by atoms with E-state index < -0.39 is 6.09 Å². The highest BCUT2D eigenvalue weighted by molar-refractivity contribution is 5.98. The zero-order valence-electron chi connectivity index (χ0n) is 9.91. The normalized spacial score (nSPS) is 18.9. The molecule has 1 aromatic carbocycles. The van der Waals surface area contributed by atoms with Gasteiger partial charge in [-0.05, 0) is 12.8 Å². The first kappa shape index (κ1) is 14.5. The molecule has 1 saturated heterocycles. The third-order valence-corrected chi connectivity index (χ3v) is 3.12. The van der Waals surface area contributed by atoms with Gasteiger partial charge in [0.1, 0.15) is 0 Å². The SMILES string of the molecule is Cl.O=C(c1ccccc1)C1CCCN(C(=O)O)C1. The smallest absolute Gasteiger partial charge is 0.407 e. The van der Waals surface area contributed by atoms with Crippen LogP contribution >= 0.6 is 12.4 Å². The lowest BCUT2D eigenvalue weighted by atomic mass is 9.90. The fourth-order valence-electron chi connectivity index (χ4n) is 2.20. The van der Waals surface area contributed by atoms with Crippen LogP contribution in [0.15, 0.2) is 30.3 Å². The Morgan fingerprint density at radius 2 is 1.89 bits per heavy atom. The average molecular weight is 270 g/mol. The third-order valence-electron chi connectivity index (χ3n) is 3.12. The van der Waals surface area contributed by atoms with Crippen molar-refractivity contribution in [1.29, 1.82) is 0 Å². The molecule has 0 saturated carbocycles. The van der Waals surface area contributed by atoms with Gasteiger partial charge in [-0.25, -0.2) is 4.79 Å². The molecule has 2 rings (SSSR count). The monoisotopic (exact) mass is 269 g/mol. The summed E-state index contributed by atoms with van der Waals surface area (Å²) in [5.41, 5.74) is 0.671. The summed E-state index contributed by atoms with van der Waals surface area (Å²) in [6, 6.07) is 9.07. The molecule has 1 fully saturated rings. The highest BCUT2D eigenvalue weighted by atomic mass is 35.5. The van der Waals surface area contributed by atoms with Crippen LogP contribution in [0.25, 0.3) is 0 Å². The molecule has 1 aliphatic rings. The van der Waals surface area contributed by atoms with Crippen LogP contribution in [0.4, 0.5) is 4.79 Å². The number of rotatable bonds is 2.